The Kier molecular flexibility index (Phi) is 15.9. The summed E-state index contributed by atoms with van der Waals surface area (Å²) in [5.41, 5.74) is 3.76. The van der Waals surface area contributed by atoms with Crippen molar-refractivity contribution in [3.8, 4) is 11.5 Å². The van der Waals surface area contributed by atoms with E-state index in [2.05, 4.69) is 45.9 Å². The van der Waals surface area contributed by atoms with Gasteiger partial charge < -0.3 is 60.1 Å². The van der Waals surface area contributed by atoms with E-state index in [-0.39, 0.29) is 41.6 Å². The molecule has 4 aliphatic heterocycles. The van der Waals surface area contributed by atoms with Crippen molar-refractivity contribution < 1.29 is 33.4 Å². The Morgan fingerprint density at radius 3 is 1.43 bits per heavy atom. The molecule has 2 aromatic carbocycles. The van der Waals surface area contributed by atoms with Crippen molar-refractivity contribution in [2.24, 2.45) is 0 Å². The molecule has 0 unspecified atom stereocenters. The Morgan fingerprint density at radius 1 is 0.595 bits per heavy atom. The molecular weight excluding hydrogens is 945 g/mol. The molecule has 21 nitrogen and oxygen atoms in total. The van der Waals surface area contributed by atoms with Crippen LogP contribution in [0.2, 0.25) is 0 Å². The molecular formula is C53H70N14O7. The molecule has 6 aliphatic rings. The molecule has 4 fully saturated rings. The number of piperidine rings is 1. The third-order valence-corrected chi connectivity index (χ3v) is 15.3. The molecule has 0 bridgehead atoms. The number of benzene rings is 2. The third kappa shape index (κ3) is 11.6. The number of amides is 5. The topological polar surface area (TPSA) is 223 Å². The van der Waals surface area contributed by atoms with E-state index in [1.165, 1.54) is 25.7 Å². The van der Waals surface area contributed by atoms with Crippen LogP contribution >= 0.6 is 0 Å². The molecule has 21 heteroatoms. The number of carbonyl (C=O) groups is 5. The second-order valence-electron chi connectivity index (χ2n) is 20.2. The summed E-state index contributed by atoms with van der Waals surface area (Å²) in [5.74, 6) is 3.28. The van der Waals surface area contributed by atoms with Crippen LogP contribution in [0.25, 0.3) is 0 Å². The Bertz CT molecular complexity index is 2720. The van der Waals surface area contributed by atoms with Gasteiger partial charge in [-0.05, 0) is 82.0 Å². The van der Waals surface area contributed by atoms with Crippen LogP contribution in [0.5, 0.6) is 11.5 Å². The Hall–Kier alpha value is -7.29. The predicted octanol–water partition coefficient (Wildman–Crippen LogP) is 5.47. The Balaban J connectivity index is 0.000000183. The highest BCUT2D eigenvalue weighted by molar-refractivity contribution is 5.99. The number of ether oxygens (including phenoxy) is 2. The van der Waals surface area contributed by atoms with Gasteiger partial charge in [0, 0.05) is 102 Å². The molecule has 74 heavy (non-hydrogen) atoms. The van der Waals surface area contributed by atoms with Gasteiger partial charge in [0.25, 0.3) is 11.8 Å². The van der Waals surface area contributed by atoms with Gasteiger partial charge in [0.15, 0.2) is 11.6 Å². The highest BCUT2D eigenvalue weighted by atomic mass is 16.5. The zero-order chi connectivity index (χ0) is 52.0. The van der Waals surface area contributed by atoms with E-state index < -0.39 is 0 Å². The fraction of sp³-hybridized carbons (Fsp3) is 0.528. The summed E-state index contributed by atoms with van der Waals surface area (Å²) in [6, 6.07) is 11.5. The molecule has 2 saturated heterocycles. The fourth-order valence-electron chi connectivity index (χ4n) is 10.9. The summed E-state index contributed by atoms with van der Waals surface area (Å²) < 4.78 is 11.2. The third-order valence-electron chi connectivity index (χ3n) is 15.3. The number of fused-ring (bicyclic) bond motifs is 2. The van der Waals surface area contributed by atoms with Crippen LogP contribution in [0, 0.1) is 0 Å². The van der Waals surface area contributed by atoms with Crippen LogP contribution in [-0.2, 0) is 14.4 Å². The van der Waals surface area contributed by atoms with Gasteiger partial charge in [0.05, 0.1) is 44.0 Å². The van der Waals surface area contributed by atoms with E-state index in [0.29, 0.717) is 103 Å². The maximum Gasteiger partial charge on any atom is 0.251 e. The molecule has 2 aromatic heterocycles. The van der Waals surface area contributed by atoms with Crippen molar-refractivity contribution in [3.63, 3.8) is 0 Å². The lowest BCUT2D eigenvalue weighted by Gasteiger charge is -2.36. The van der Waals surface area contributed by atoms with Crippen molar-refractivity contribution in [1.29, 1.82) is 0 Å². The molecule has 394 valence electrons. The van der Waals surface area contributed by atoms with E-state index in [1.807, 2.05) is 7.05 Å². The number of anilines is 8. The van der Waals surface area contributed by atoms with Crippen LogP contribution in [-0.4, -0.2) is 158 Å². The monoisotopic (exact) mass is 1010 g/mol. The Morgan fingerprint density at radius 2 is 1.03 bits per heavy atom. The molecule has 0 spiro atoms. The van der Waals surface area contributed by atoms with Gasteiger partial charge in [-0.3, -0.25) is 24.0 Å². The van der Waals surface area contributed by atoms with Gasteiger partial charge >= 0.3 is 0 Å². The van der Waals surface area contributed by atoms with Crippen LogP contribution in [0.15, 0.2) is 48.8 Å². The van der Waals surface area contributed by atoms with Gasteiger partial charge in [-0.25, -0.2) is 9.97 Å². The lowest BCUT2D eigenvalue weighted by molar-refractivity contribution is -0.129. The van der Waals surface area contributed by atoms with Gasteiger partial charge in [0.1, 0.15) is 22.9 Å². The van der Waals surface area contributed by atoms with E-state index in [0.717, 1.165) is 68.9 Å². The first-order chi connectivity index (χ1) is 35.8. The van der Waals surface area contributed by atoms with E-state index in [4.69, 9.17) is 19.4 Å². The highest BCUT2D eigenvalue weighted by Crippen LogP contribution is 2.39. The highest BCUT2D eigenvalue weighted by Gasteiger charge is 2.34. The summed E-state index contributed by atoms with van der Waals surface area (Å²) in [4.78, 5) is 92.8. The van der Waals surface area contributed by atoms with Crippen LogP contribution < -0.4 is 50.3 Å². The summed E-state index contributed by atoms with van der Waals surface area (Å²) in [7, 11) is 8.71. The molecule has 2 saturated carbocycles. The van der Waals surface area contributed by atoms with Gasteiger partial charge in [0.2, 0.25) is 29.6 Å². The average molecular weight is 1020 g/mol. The number of aromatic nitrogens is 4. The summed E-state index contributed by atoms with van der Waals surface area (Å²) in [6.45, 7) is 5.88. The predicted molar refractivity (Wildman–Crippen MR) is 283 cm³/mol. The number of carbonyl (C=O) groups excluding carboxylic acids is 5. The van der Waals surface area contributed by atoms with E-state index >= 15 is 0 Å². The SMILES string of the molecule is COc1cc(C(=O)NC2CCN(C(C)=O)CC2)ccc1Nc1ncc2c(n1)N(C1CCCC1)CCC(=O)N2C.COc1cc(C(=O)NC2CN(C)C2)ccc1Nc1ncc2c(n1)N(C1CCCC1)CCC(=O)N2C. The number of rotatable bonds is 12. The molecule has 4 N–H and O–H groups in total. The van der Waals surface area contributed by atoms with Crippen molar-refractivity contribution in [2.45, 2.75) is 108 Å². The normalized spacial score (nSPS) is 18.9. The number of likely N-dealkylation sites (N-methyl/N-ethyl adjacent to an activating group) is 1. The second-order valence-corrected chi connectivity index (χ2v) is 20.2. The Labute approximate surface area is 432 Å². The first kappa shape index (κ1) is 51.6. The number of nitrogens with one attached hydrogen (secondary N) is 4. The van der Waals surface area contributed by atoms with Crippen molar-refractivity contribution in [2.75, 3.05) is 105 Å². The first-order valence-electron chi connectivity index (χ1n) is 26.0. The van der Waals surface area contributed by atoms with Gasteiger partial charge in [-0.15, -0.1) is 0 Å². The smallest absolute Gasteiger partial charge is 0.251 e. The fourth-order valence-corrected chi connectivity index (χ4v) is 10.9. The first-order valence-corrected chi connectivity index (χ1v) is 26.0. The van der Waals surface area contributed by atoms with Crippen molar-refractivity contribution in [1.82, 2.24) is 40.4 Å². The van der Waals surface area contributed by atoms with Gasteiger partial charge in [-0.1, -0.05) is 25.7 Å². The number of methoxy groups -OCH3 is 2. The molecule has 5 amide bonds. The van der Waals surface area contributed by atoms with Crippen LogP contribution in [0.3, 0.4) is 0 Å². The number of hydrogen-bond donors (Lipinski definition) is 4. The van der Waals surface area contributed by atoms with Crippen molar-refractivity contribution in [3.05, 3.63) is 59.9 Å². The zero-order valence-electron chi connectivity index (χ0n) is 43.5. The van der Waals surface area contributed by atoms with Crippen LogP contribution in [0.4, 0.5) is 46.3 Å². The quantitative estimate of drug-likeness (QED) is 0.138. The average Bonchev–Trinajstić information content (AvgIpc) is 4.11. The molecule has 10 rings (SSSR count). The summed E-state index contributed by atoms with van der Waals surface area (Å²) in [6.07, 6.45) is 15.0. The zero-order valence-corrected chi connectivity index (χ0v) is 43.5. The number of nitrogens with zero attached hydrogens (tertiary/aromatic N) is 10. The maximum absolute atomic E-state index is 12.9. The largest absolute Gasteiger partial charge is 0.495 e. The van der Waals surface area contributed by atoms with Crippen LogP contribution in [0.1, 0.15) is 105 Å². The molecule has 2 aliphatic carbocycles. The minimum absolute atomic E-state index is 0.0256. The van der Waals surface area contributed by atoms with Crippen molar-refractivity contribution >= 4 is 75.8 Å². The molecule has 0 atom stereocenters. The van der Waals surface area contributed by atoms with E-state index in [1.54, 1.807) is 98.7 Å². The maximum atomic E-state index is 12.9. The number of likely N-dealkylation sites (tertiary alicyclic amines) is 2. The van der Waals surface area contributed by atoms with Gasteiger partial charge in [-0.2, -0.15) is 9.97 Å². The standard InChI is InChI=1S/C28H37N7O4.C25H33N7O3/c1-18(36)34-13-10-20(11-14-34)30-27(38)19-8-9-22(24(16-19)39-3)31-28-29-17-23-26(32-28)35(21-6-4-5-7-21)15-12-25(37)33(23)2;1-30-14-17(15-30)27-24(34)16-8-9-19(21(12-16)35-3)28-25-26-13-20-23(29-25)32(18-6-4-5-7-18)11-10-22(33)31(20)2/h8-9,16-17,20-21H,4-7,10-15H2,1-3H3,(H,30,38)(H,29,31,32);8-9,12-13,17-18H,4-7,10-11,14-15H2,1-3H3,(H,27,34)(H,26,28,29). The minimum Gasteiger partial charge on any atom is -0.495 e. The lowest BCUT2D eigenvalue weighted by Crippen LogP contribution is -2.57. The molecule has 0 radical (unpaired) electrons. The minimum atomic E-state index is -0.178. The van der Waals surface area contributed by atoms with E-state index in [9.17, 15) is 24.0 Å². The lowest BCUT2D eigenvalue weighted by atomic mass is 10.0. The molecule has 4 aromatic rings. The summed E-state index contributed by atoms with van der Waals surface area (Å²) in [5, 5.41) is 12.6. The summed E-state index contributed by atoms with van der Waals surface area (Å²) >= 11 is 0. The second kappa shape index (κ2) is 22.9. The number of hydrogen-bond acceptors (Lipinski definition) is 16. The molecule has 6 heterocycles.